The highest BCUT2D eigenvalue weighted by molar-refractivity contribution is 5.89. The summed E-state index contributed by atoms with van der Waals surface area (Å²) >= 11 is 0. The first-order chi connectivity index (χ1) is 13.4. The normalized spacial score (nSPS) is 11.8. The third kappa shape index (κ3) is 3.46. The number of para-hydroxylation sites is 2. The van der Waals surface area contributed by atoms with Gasteiger partial charge in [0.25, 0.3) is 0 Å². The molecule has 3 heterocycles. The van der Waals surface area contributed by atoms with Crippen molar-refractivity contribution < 1.29 is 26.9 Å². The highest BCUT2D eigenvalue weighted by Gasteiger charge is 2.38. The fraction of sp³-hybridized carbons (Fsp3) is 0.176. The Labute approximate surface area is 155 Å². The lowest BCUT2D eigenvalue weighted by Crippen LogP contribution is -2.23. The van der Waals surface area contributed by atoms with Gasteiger partial charge < -0.3 is 18.8 Å². The van der Waals surface area contributed by atoms with Crippen molar-refractivity contribution in [2.45, 2.75) is 19.3 Å². The van der Waals surface area contributed by atoms with Crippen LogP contribution in [0.4, 0.5) is 13.2 Å². The summed E-state index contributed by atoms with van der Waals surface area (Å²) in [6.45, 7) is -0.252. The average Bonchev–Trinajstić information content (AvgIpc) is 3.40. The van der Waals surface area contributed by atoms with E-state index < -0.39 is 17.9 Å². The Bertz CT molecular complexity index is 1110. The van der Waals surface area contributed by atoms with E-state index in [1.165, 1.54) is 18.4 Å². The second-order valence-electron chi connectivity index (χ2n) is 5.79. The molecule has 4 aromatic rings. The number of carbonyl (C=O) groups excluding carboxylic acids is 1. The number of alkyl halides is 3. The minimum absolute atomic E-state index is 0.0863. The van der Waals surface area contributed by atoms with Crippen molar-refractivity contribution >= 4 is 16.9 Å². The van der Waals surface area contributed by atoms with E-state index in [2.05, 4.69) is 20.4 Å². The van der Waals surface area contributed by atoms with Crippen LogP contribution in [0.3, 0.4) is 0 Å². The molecule has 0 aliphatic rings. The van der Waals surface area contributed by atoms with Gasteiger partial charge in [0.05, 0.1) is 30.4 Å². The largest absolute Gasteiger partial charge is 0.467 e. The van der Waals surface area contributed by atoms with E-state index >= 15 is 0 Å². The summed E-state index contributed by atoms with van der Waals surface area (Å²) in [7, 11) is 0. The smallest absolute Gasteiger partial charge is 0.449 e. The number of fused-ring (bicyclic) bond motifs is 1. The number of benzene rings is 1. The van der Waals surface area contributed by atoms with Crippen LogP contribution in [0.15, 0.2) is 51.6 Å². The van der Waals surface area contributed by atoms with E-state index in [1.807, 2.05) is 0 Å². The van der Waals surface area contributed by atoms with E-state index in [4.69, 9.17) is 8.94 Å². The van der Waals surface area contributed by atoms with Crippen molar-refractivity contribution in [3.63, 3.8) is 0 Å². The summed E-state index contributed by atoms with van der Waals surface area (Å²) in [6.07, 6.45) is -3.20. The minimum atomic E-state index is -4.66. The maximum absolute atomic E-state index is 13.3. The predicted octanol–water partition coefficient (Wildman–Crippen LogP) is 3.01. The first-order valence-corrected chi connectivity index (χ1v) is 8.07. The fourth-order valence-corrected chi connectivity index (χ4v) is 2.66. The topological polar surface area (TPSA) is 99.0 Å². The van der Waals surface area contributed by atoms with Crippen LogP contribution in [0.5, 0.6) is 0 Å². The van der Waals surface area contributed by atoms with E-state index in [1.54, 1.807) is 24.3 Å². The summed E-state index contributed by atoms with van der Waals surface area (Å²) in [5.74, 6) is -1.67. The zero-order chi connectivity index (χ0) is 19.7. The van der Waals surface area contributed by atoms with Crippen LogP contribution in [0.2, 0.25) is 0 Å². The minimum Gasteiger partial charge on any atom is -0.467 e. The third-order valence-electron chi connectivity index (χ3n) is 3.87. The zero-order valence-electron chi connectivity index (χ0n) is 14.1. The molecular weight excluding hydrogens is 379 g/mol. The number of carbonyl (C=O) groups is 1. The molecule has 8 nitrogen and oxygen atoms in total. The van der Waals surface area contributed by atoms with Gasteiger partial charge in [0, 0.05) is 0 Å². The first kappa shape index (κ1) is 17.8. The SMILES string of the molecule is O=C(NCc1ccco1)c1nc(Cn2c(C(F)(F)F)nc3ccccc32)no1. The monoisotopic (exact) mass is 391 g/mol. The molecule has 0 fully saturated rings. The van der Waals surface area contributed by atoms with Crippen molar-refractivity contribution in [1.82, 2.24) is 25.0 Å². The van der Waals surface area contributed by atoms with E-state index in [9.17, 15) is 18.0 Å². The Balaban J connectivity index is 1.56. The molecule has 1 N–H and O–H groups in total. The summed E-state index contributed by atoms with van der Waals surface area (Å²) in [5, 5.41) is 6.11. The molecule has 11 heteroatoms. The zero-order valence-corrected chi connectivity index (χ0v) is 14.1. The maximum Gasteiger partial charge on any atom is 0.449 e. The van der Waals surface area contributed by atoms with Gasteiger partial charge in [-0.25, -0.2) is 4.98 Å². The van der Waals surface area contributed by atoms with E-state index in [0.29, 0.717) is 5.76 Å². The Morgan fingerprint density at radius 3 is 2.71 bits per heavy atom. The number of imidazole rings is 1. The molecule has 0 unspecified atom stereocenters. The number of halogens is 3. The molecular formula is C17H12F3N5O3. The van der Waals surface area contributed by atoms with Crippen LogP contribution in [0.1, 0.15) is 28.1 Å². The van der Waals surface area contributed by atoms with Gasteiger partial charge in [-0.2, -0.15) is 18.2 Å². The van der Waals surface area contributed by atoms with Gasteiger partial charge in [-0.05, 0) is 24.3 Å². The van der Waals surface area contributed by atoms with Crippen molar-refractivity contribution in [2.75, 3.05) is 0 Å². The van der Waals surface area contributed by atoms with Gasteiger partial charge in [0.1, 0.15) is 5.76 Å². The number of aromatic nitrogens is 4. The number of hydrogen-bond donors (Lipinski definition) is 1. The van der Waals surface area contributed by atoms with Crippen LogP contribution in [0.25, 0.3) is 11.0 Å². The standard InChI is InChI=1S/C17H12F3N5O3/c18-17(19,20)16-22-11-5-1-2-6-12(11)25(16)9-13-23-15(28-24-13)14(26)21-8-10-4-3-7-27-10/h1-7H,8-9H2,(H,21,26). The lowest BCUT2D eigenvalue weighted by atomic mass is 10.3. The van der Waals surface area contributed by atoms with Gasteiger partial charge in [0.15, 0.2) is 5.82 Å². The van der Waals surface area contributed by atoms with Crippen molar-refractivity contribution in [3.05, 3.63) is 66.0 Å². The van der Waals surface area contributed by atoms with Crippen LogP contribution in [0, 0.1) is 0 Å². The number of hydrogen-bond acceptors (Lipinski definition) is 6. The second kappa shape index (κ2) is 6.83. The van der Waals surface area contributed by atoms with E-state index in [-0.39, 0.29) is 35.8 Å². The van der Waals surface area contributed by atoms with Gasteiger partial charge in [-0.3, -0.25) is 4.79 Å². The second-order valence-corrected chi connectivity index (χ2v) is 5.79. The van der Waals surface area contributed by atoms with Crippen molar-refractivity contribution in [2.24, 2.45) is 0 Å². The molecule has 0 bridgehead atoms. The quantitative estimate of drug-likeness (QED) is 0.562. The third-order valence-corrected chi connectivity index (χ3v) is 3.87. The number of amides is 1. The molecule has 0 aliphatic carbocycles. The van der Waals surface area contributed by atoms with E-state index in [0.717, 1.165) is 4.57 Å². The molecule has 0 saturated carbocycles. The molecule has 1 aromatic carbocycles. The highest BCUT2D eigenvalue weighted by atomic mass is 19.4. The molecule has 0 saturated heterocycles. The molecule has 28 heavy (non-hydrogen) atoms. The molecule has 1 amide bonds. The predicted molar refractivity (Wildman–Crippen MR) is 88.0 cm³/mol. The lowest BCUT2D eigenvalue weighted by Gasteiger charge is -2.09. The van der Waals surface area contributed by atoms with Crippen molar-refractivity contribution in [1.29, 1.82) is 0 Å². The first-order valence-electron chi connectivity index (χ1n) is 8.07. The molecule has 4 rings (SSSR count). The lowest BCUT2D eigenvalue weighted by molar-refractivity contribution is -0.146. The summed E-state index contributed by atoms with van der Waals surface area (Å²) < 4.78 is 50.9. The molecule has 3 aromatic heterocycles. The van der Waals surface area contributed by atoms with Crippen molar-refractivity contribution in [3.8, 4) is 0 Å². The van der Waals surface area contributed by atoms with Gasteiger partial charge in [0.2, 0.25) is 5.82 Å². The highest BCUT2D eigenvalue weighted by Crippen LogP contribution is 2.31. The van der Waals surface area contributed by atoms with Crippen LogP contribution < -0.4 is 5.32 Å². The Kier molecular flexibility index (Phi) is 4.34. The maximum atomic E-state index is 13.3. The Morgan fingerprint density at radius 2 is 1.96 bits per heavy atom. The summed E-state index contributed by atoms with van der Waals surface area (Å²) in [6, 6.07) is 9.52. The number of nitrogens with one attached hydrogen (secondary N) is 1. The van der Waals surface area contributed by atoms with Crippen LogP contribution in [-0.2, 0) is 19.3 Å². The van der Waals surface area contributed by atoms with Crippen LogP contribution >= 0.6 is 0 Å². The Hall–Kier alpha value is -3.63. The summed E-state index contributed by atoms with van der Waals surface area (Å²) in [4.78, 5) is 19.6. The Morgan fingerprint density at radius 1 is 1.14 bits per heavy atom. The summed E-state index contributed by atoms with van der Waals surface area (Å²) in [5.41, 5.74) is 0.457. The number of furan rings is 1. The van der Waals surface area contributed by atoms with Gasteiger partial charge in [-0.1, -0.05) is 17.3 Å². The number of rotatable bonds is 5. The van der Waals surface area contributed by atoms with Crippen LogP contribution in [-0.4, -0.2) is 25.6 Å². The average molecular weight is 391 g/mol. The number of nitrogens with zero attached hydrogens (tertiary/aromatic N) is 4. The fourth-order valence-electron chi connectivity index (χ4n) is 2.66. The van der Waals surface area contributed by atoms with Gasteiger partial charge in [-0.15, -0.1) is 0 Å². The molecule has 0 radical (unpaired) electrons. The molecule has 0 aliphatic heterocycles. The molecule has 0 atom stereocenters. The van der Waals surface area contributed by atoms with Gasteiger partial charge >= 0.3 is 18.0 Å². The molecule has 0 spiro atoms. The molecule has 144 valence electrons.